The van der Waals surface area contributed by atoms with Crippen molar-refractivity contribution in [1.82, 2.24) is 0 Å². The molecule has 2 fully saturated rings. The first kappa shape index (κ1) is 22.4. The highest BCUT2D eigenvalue weighted by Gasteiger charge is 2.52. The number of sulfonamides is 1. The van der Waals surface area contributed by atoms with Gasteiger partial charge in [0.2, 0.25) is 10.0 Å². The first-order valence-electron chi connectivity index (χ1n) is 11.3. The standard InChI is InChI=1S/C24H25N3O6S/c28-21(27-20-10-2-1-9-19(20)25-23(30)24(27)11-3-4-12-24)16-33-22(29)17-7-5-8-18(15-17)26-13-6-14-34(26,31)32/h1-2,5,7-10,15H,3-4,6,11-14,16H2,(H,25,30). The Hall–Kier alpha value is -3.40. The number of benzene rings is 2. The van der Waals surface area contributed by atoms with Crippen molar-refractivity contribution in [1.29, 1.82) is 0 Å². The fourth-order valence-corrected chi connectivity index (χ4v) is 6.68. The van der Waals surface area contributed by atoms with Crippen molar-refractivity contribution in [2.75, 3.05) is 33.4 Å². The largest absolute Gasteiger partial charge is 0.452 e. The first-order chi connectivity index (χ1) is 16.3. The third-order valence-electron chi connectivity index (χ3n) is 6.72. The molecule has 9 nitrogen and oxygen atoms in total. The fraction of sp³-hybridized carbons (Fsp3) is 0.375. The minimum atomic E-state index is -3.39. The van der Waals surface area contributed by atoms with Gasteiger partial charge in [0.05, 0.1) is 28.4 Å². The van der Waals surface area contributed by atoms with Crippen molar-refractivity contribution in [2.45, 2.75) is 37.6 Å². The van der Waals surface area contributed by atoms with Crippen LogP contribution in [0.25, 0.3) is 0 Å². The van der Waals surface area contributed by atoms with Crippen LogP contribution in [-0.2, 0) is 24.3 Å². The van der Waals surface area contributed by atoms with Crippen molar-refractivity contribution in [3.63, 3.8) is 0 Å². The Morgan fingerprint density at radius 2 is 1.79 bits per heavy atom. The molecule has 2 aromatic carbocycles. The summed E-state index contributed by atoms with van der Waals surface area (Å²) in [6.07, 6.45) is 3.26. The van der Waals surface area contributed by atoms with Gasteiger partial charge in [-0.3, -0.25) is 18.8 Å². The van der Waals surface area contributed by atoms with E-state index in [1.165, 1.54) is 21.3 Å². The molecule has 2 amide bonds. The van der Waals surface area contributed by atoms with Gasteiger partial charge in [-0.15, -0.1) is 0 Å². The number of esters is 1. The van der Waals surface area contributed by atoms with Crippen LogP contribution in [0.5, 0.6) is 0 Å². The van der Waals surface area contributed by atoms with E-state index in [1.807, 2.05) is 0 Å². The molecule has 1 saturated heterocycles. The number of nitrogens with zero attached hydrogens (tertiary/aromatic N) is 2. The summed E-state index contributed by atoms with van der Waals surface area (Å²) in [7, 11) is -3.39. The van der Waals surface area contributed by atoms with Gasteiger partial charge in [-0.05, 0) is 49.6 Å². The van der Waals surface area contributed by atoms with Gasteiger partial charge < -0.3 is 10.1 Å². The fourth-order valence-electron chi connectivity index (χ4n) is 5.12. The zero-order chi connectivity index (χ0) is 23.9. The lowest BCUT2D eigenvalue weighted by atomic mass is 9.90. The SMILES string of the molecule is O=C(OCC(=O)N1c2ccccc2NC(=O)C12CCCC2)c1cccc(N2CCCS2(=O)=O)c1. The van der Waals surface area contributed by atoms with Crippen molar-refractivity contribution in [2.24, 2.45) is 0 Å². The van der Waals surface area contributed by atoms with Gasteiger partial charge in [-0.25, -0.2) is 13.2 Å². The Kier molecular flexibility index (Phi) is 5.55. The van der Waals surface area contributed by atoms with Gasteiger partial charge in [0, 0.05) is 6.54 Å². The van der Waals surface area contributed by atoms with Crippen LogP contribution in [0, 0.1) is 0 Å². The van der Waals surface area contributed by atoms with E-state index in [-0.39, 0.29) is 17.2 Å². The van der Waals surface area contributed by atoms with E-state index in [1.54, 1.807) is 36.4 Å². The summed E-state index contributed by atoms with van der Waals surface area (Å²) in [6.45, 7) is -0.174. The molecule has 178 valence electrons. The van der Waals surface area contributed by atoms with Gasteiger partial charge in [-0.2, -0.15) is 0 Å². The summed E-state index contributed by atoms with van der Waals surface area (Å²) in [4.78, 5) is 40.6. The average molecular weight is 484 g/mol. The van der Waals surface area contributed by atoms with Crippen LogP contribution < -0.4 is 14.5 Å². The minimum Gasteiger partial charge on any atom is -0.452 e. The highest BCUT2D eigenvalue weighted by atomic mass is 32.2. The predicted molar refractivity (Wildman–Crippen MR) is 126 cm³/mol. The number of para-hydroxylation sites is 2. The number of fused-ring (bicyclic) bond motifs is 1. The van der Waals surface area contributed by atoms with Gasteiger partial charge >= 0.3 is 5.97 Å². The molecule has 0 bridgehead atoms. The molecule has 1 aliphatic carbocycles. The molecule has 1 N–H and O–H groups in total. The van der Waals surface area contributed by atoms with E-state index in [2.05, 4.69) is 5.32 Å². The van der Waals surface area contributed by atoms with Gasteiger partial charge in [0.1, 0.15) is 5.54 Å². The van der Waals surface area contributed by atoms with Gasteiger partial charge in [-0.1, -0.05) is 31.0 Å². The molecule has 0 aromatic heterocycles. The van der Waals surface area contributed by atoms with Crippen molar-refractivity contribution in [3.8, 4) is 0 Å². The average Bonchev–Trinajstić information content (AvgIpc) is 3.45. The third-order valence-corrected chi connectivity index (χ3v) is 8.59. The van der Waals surface area contributed by atoms with E-state index < -0.39 is 34.0 Å². The molecule has 0 unspecified atom stereocenters. The van der Waals surface area contributed by atoms with Crippen LogP contribution in [-0.4, -0.2) is 50.6 Å². The summed E-state index contributed by atoms with van der Waals surface area (Å²) in [5.74, 6) is -1.36. The Bertz CT molecular complexity index is 1270. The Morgan fingerprint density at radius 3 is 2.53 bits per heavy atom. The molecule has 10 heteroatoms. The van der Waals surface area contributed by atoms with Gasteiger partial charge in [0.15, 0.2) is 6.61 Å². The van der Waals surface area contributed by atoms with Crippen LogP contribution in [0.2, 0.25) is 0 Å². The van der Waals surface area contributed by atoms with Crippen LogP contribution >= 0.6 is 0 Å². The maximum atomic E-state index is 13.3. The van der Waals surface area contributed by atoms with E-state index in [0.29, 0.717) is 42.9 Å². The van der Waals surface area contributed by atoms with E-state index >= 15 is 0 Å². The van der Waals surface area contributed by atoms with Crippen molar-refractivity contribution < 1.29 is 27.5 Å². The van der Waals surface area contributed by atoms with E-state index in [0.717, 1.165) is 12.8 Å². The minimum absolute atomic E-state index is 0.0722. The number of nitrogens with one attached hydrogen (secondary N) is 1. The predicted octanol–water partition coefficient (Wildman–Crippen LogP) is 2.68. The van der Waals surface area contributed by atoms with Crippen LogP contribution in [0.15, 0.2) is 48.5 Å². The Labute approximate surface area is 197 Å². The smallest absolute Gasteiger partial charge is 0.338 e. The maximum Gasteiger partial charge on any atom is 0.338 e. The molecule has 34 heavy (non-hydrogen) atoms. The number of anilines is 3. The topological polar surface area (TPSA) is 113 Å². The third kappa shape index (κ3) is 3.71. The molecule has 1 saturated carbocycles. The molecule has 5 rings (SSSR count). The highest BCUT2D eigenvalue weighted by Crippen LogP contribution is 2.45. The number of rotatable bonds is 4. The normalized spacial score (nSPS) is 20.2. The first-order valence-corrected chi connectivity index (χ1v) is 12.9. The summed E-state index contributed by atoms with van der Waals surface area (Å²) in [5.41, 5.74) is 0.696. The van der Waals surface area contributed by atoms with Crippen molar-refractivity contribution in [3.05, 3.63) is 54.1 Å². The molecule has 3 aliphatic rings. The van der Waals surface area contributed by atoms with Crippen molar-refractivity contribution >= 4 is 44.9 Å². The molecule has 1 spiro atoms. The monoisotopic (exact) mass is 483 g/mol. The summed E-state index contributed by atoms with van der Waals surface area (Å²) in [6, 6.07) is 13.3. The Morgan fingerprint density at radius 1 is 1.03 bits per heavy atom. The highest BCUT2D eigenvalue weighted by molar-refractivity contribution is 7.93. The zero-order valence-electron chi connectivity index (χ0n) is 18.5. The number of ether oxygens (including phenoxy) is 1. The lowest BCUT2D eigenvalue weighted by Crippen LogP contribution is -2.61. The molecular formula is C24H25N3O6S. The molecule has 0 radical (unpaired) electrons. The number of carbonyl (C=O) groups is 3. The number of carbonyl (C=O) groups excluding carboxylic acids is 3. The van der Waals surface area contributed by atoms with Crippen LogP contribution in [0.4, 0.5) is 17.1 Å². The number of hydrogen-bond acceptors (Lipinski definition) is 6. The van der Waals surface area contributed by atoms with Crippen LogP contribution in [0.3, 0.4) is 0 Å². The quantitative estimate of drug-likeness (QED) is 0.669. The second-order valence-electron chi connectivity index (χ2n) is 8.81. The Balaban J connectivity index is 1.35. The summed E-state index contributed by atoms with van der Waals surface area (Å²) < 4.78 is 31.0. The summed E-state index contributed by atoms with van der Waals surface area (Å²) in [5, 5.41) is 2.91. The second-order valence-corrected chi connectivity index (χ2v) is 10.8. The number of hydrogen-bond donors (Lipinski definition) is 1. The maximum absolute atomic E-state index is 13.3. The molecular weight excluding hydrogens is 458 g/mol. The molecule has 2 aromatic rings. The molecule has 2 aliphatic heterocycles. The second kappa shape index (κ2) is 8.43. The number of amides is 2. The molecule has 2 heterocycles. The lowest BCUT2D eigenvalue weighted by Gasteiger charge is -2.44. The zero-order valence-corrected chi connectivity index (χ0v) is 19.3. The van der Waals surface area contributed by atoms with Crippen LogP contribution in [0.1, 0.15) is 42.5 Å². The van der Waals surface area contributed by atoms with E-state index in [4.69, 9.17) is 4.74 Å². The summed E-state index contributed by atoms with van der Waals surface area (Å²) >= 11 is 0. The van der Waals surface area contributed by atoms with Gasteiger partial charge in [0.25, 0.3) is 11.8 Å². The van der Waals surface area contributed by atoms with E-state index in [9.17, 15) is 22.8 Å². The lowest BCUT2D eigenvalue weighted by molar-refractivity contribution is -0.129. The molecule has 0 atom stereocenters.